The van der Waals surface area contributed by atoms with Crippen LogP contribution in [0.4, 0.5) is 23.7 Å². The first kappa shape index (κ1) is 23.4. The molecule has 0 spiro atoms. The fourth-order valence-corrected chi connectivity index (χ4v) is 3.09. The molecule has 6 nitrogen and oxygen atoms in total. The molecule has 32 heavy (non-hydrogen) atoms. The van der Waals surface area contributed by atoms with Crippen molar-refractivity contribution in [2.24, 2.45) is 0 Å². The Labute approximate surface area is 190 Å². The molecule has 2 N–H and O–H groups in total. The number of rotatable bonds is 4. The highest BCUT2D eigenvalue weighted by molar-refractivity contribution is 6.34. The lowest BCUT2D eigenvalue weighted by Crippen LogP contribution is -2.34. The molecule has 0 bridgehead atoms. The van der Waals surface area contributed by atoms with Crippen molar-refractivity contribution in [3.63, 3.8) is 0 Å². The number of urea groups is 1. The van der Waals surface area contributed by atoms with Crippen molar-refractivity contribution < 1.29 is 27.5 Å². The summed E-state index contributed by atoms with van der Waals surface area (Å²) in [6.45, 7) is 1.65. The lowest BCUT2D eigenvalue weighted by Gasteiger charge is -2.13. The molecule has 0 fully saturated rings. The Bertz CT molecular complexity index is 1190. The first-order valence-electron chi connectivity index (χ1n) is 8.93. The van der Waals surface area contributed by atoms with Crippen molar-refractivity contribution in [1.82, 2.24) is 10.3 Å². The highest BCUT2D eigenvalue weighted by Crippen LogP contribution is 2.35. The molecule has 0 unspecified atom stereocenters. The number of ether oxygens (including phenoxy) is 1. The van der Waals surface area contributed by atoms with E-state index in [0.29, 0.717) is 11.3 Å². The Balaban J connectivity index is 1.66. The number of aromatic nitrogens is 1. The Hall–Kier alpha value is -3.30. The maximum Gasteiger partial charge on any atom is 0.419 e. The number of aryl methyl sites for hydroxylation is 1. The summed E-state index contributed by atoms with van der Waals surface area (Å²) in [6, 6.07) is 11.8. The van der Waals surface area contributed by atoms with Gasteiger partial charge in [-0.05, 0) is 48.9 Å². The van der Waals surface area contributed by atoms with Crippen molar-refractivity contribution in [3.8, 4) is 11.6 Å². The van der Waals surface area contributed by atoms with E-state index in [1.165, 1.54) is 24.3 Å². The van der Waals surface area contributed by atoms with Crippen LogP contribution in [0.25, 0.3) is 0 Å². The number of amides is 3. The molecule has 3 aromatic rings. The van der Waals surface area contributed by atoms with Crippen molar-refractivity contribution in [3.05, 3.63) is 81.5 Å². The van der Waals surface area contributed by atoms with Gasteiger partial charge in [-0.25, -0.2) is 9.78 Å². The van der Waals surface area contributed by atoms with Gasteiger partial charge in [-0.15, -0.1) is 0 Å². The average Bonchev–Trinajstić information content (AvgIpc) is 2.69. The SMILES string of the molecule is Cc1cc(NC(=O)NC(=O)c2ccccc2Cl)ccc1Oc1ccc(C(F)(F)F)c(Cl)n1. The summed E-state index contributed by atoms with van der Waals surface area (Å²) in [5.74, 6) is -0.517. The van der Waals surface area contributed by atoms with Crippen molar-refractivity contribution in [1.29, 1.82) is 0 Å². The summed E-state index contributed by atoms with van der Waals surface area (Å²) in [5.41, 5.74) is -0.0390. The normalized spacial score (nSPS) is 11.1. The molecule has 1 heterocycles. The average molecular weight is 484 g/mol. The summed E-state index contributed by atoms with van der Waals surface area (Å²) in [4.78, 5) is 27.9. The van der Waals surface area contributed by atoms with E-state index in [4.69, 9.17) is 27.9 Å². The molecule has 11 heteroatoms. The number of nitrogens with zero attached hydrogens (tertiary/aromatic N) is 1. The molecule has 0 aliphatic rings. The van der Waals surface area contributed by atoms with Crippen LogP contribution >= 0.6 is 23.2 Å². The number of carbonyl (C=O) groups excluding carboxylic acids is 2. The smallest absolute Gasteiger partial charge is 0.419 e. The standard InChI is InChI=1S/C21H14Cl2F3N3O3/c1-11-10-12(27-20(31)29-19(30)13-4-2-3-5-15(13)22)6-8-16(11)32-17-9-7-14(18(23)28-17)21(24,25)26/h2-10H,1H3,(H2,27,29,30,31). The Morgan fingerprint density at radius 1 is 1.03 bits per heavy atom. The molecule has 1 aromatic heterocycles. The second-order valence-electron chi connectivity index (χ2n) is 6.46. The molecule has 2 aromatic carbocycles. The van der Waals surface area contributed by atoms with Gasteiger partial charge in [-0.2, -0.15) is 13.2 Å². The minimum absolute atomic E-state index is 0.130. The lowest BCUT2D eigenvalue weighted by molar-refractivity contribution is -0.137. The van der Waals surface area contributed by atoms with E-state index in [1.807, 2.05) is 0 Å². The number of hydrogen-bond donors (Lipinski definition) is 2. The van der Waals surface area contributed by atoms with E-state index < -0.39 is 28.8 Å². The summed E-state index contributed by atoms with van der Waals surface area (Å²) < 4.78 is 43.8. The number of hydrogen-bond acceptors (Lipinski definition) is 4. The van der Waals surface area contributed by atoms with Gasteiger partial charge < -0.3 is 10.1 Å². The third kappa shape index (κ3) is 5.68. The van der Waals surface area contributed by atoms with E-state index in [0.717, 1.165) is 12.1 Å². The number of nitrogens with one attached hydrogen (secondary N) is 2. The number of anilines is 1. The molecule has 3 amide bonds. The quantitative estimate of drug-likeness (QED) is 0.416. The Morgan fingerprint density at radius 2 is 1.75 bits per heavy atom. The zero-order chi connectivity index (χ0) is 23.5. The maximum atomic E-state index is 12.8. The van der Waals surface area contributed by atoms with E-state index in [-0.39, 0.29) is 22.2 Å². The largest absolute Gasteiger partial charge is 0.439 e. The van der Waals surface area contributed by atoms with Gasteiger partial charge in [0.2, 0.25) is 5.88 Å². The van der Waals surface area contributed by atoms with E-state index in [2.05, 4.69) is 15.6 Å². The molecule has 0 radical (unpaired) electrons. The first-order chi connectivity index (χ1) is 15.0. The van der Waals surface area contributed by atoms with Crippen LogP contribution in [0.3, 0.4) is 0 Å². The first-order valence-corrected chi connectivity index (χ1v) is 9.69. The molecule has 0 aliphatic heterocycles. The highest BCUT2D eigenvalue weighted by atomic mass is 35.5. The fourth-order valence-electron chi connectivity index (χ4n) is 2.62. The van der Waals surface area contributed by atoms with Crippen LogP contribution < -0.4 is 15.4 Å². The van der Waals surface area contributed by atoms with Gasteiger partial charge in [0.1, 0.15) is 10.9 Å². The van der Waals surface area contributed by atoms with Crippen molar-refractivity contribution in [2.45, 2.75) is 13.1 Å². The van der Waals surface area contributed by atoms with E-state index in [1.54, 1.807) is 25.1 Å². The van der Waals surface area contributed by atoms with E-state index in [9.17, 15) is 22.8 Å². The maximum absolute atomic E-state index is 12.8. The number of benzene rings is 2. The summed E-state index contributed by atoms with van der Waals surface area (Å²) in [5, 5.41) is 4.13. The molecule has 0 atom stereocenters. The minimum Gasteiger partial charge on any atom is -0.439 e. The Kier molecular flexibility index (Phi) is 6.90. The summed E-state index contributed by atoms with van der Waals surface area (Å²) in [7, 11) is 0. The lowest BCUT2D eigenvalue weighted by atomic mass is 10.2. The summed E-state index contributed by atoms with van der Waals surface area (Å²) in [6.07, 6.45) is -4.63. The van der Waals surface area contributed by atoms with Crippen LogP contribution in [0.1, 0.15) is 21.5 Å². The molecular weight excluding hydrogens is 470 g/mol. The molecule has 0 saturated heterocycles. The van der Waals surface area contributed by atoms with Gasteiger partial charge in [0.15, 0.2) is 0 Å². The van der Waals surface area contributed by atoms with Gasteiger partial charge in [0.05, 0.1) is 16.1 Å². The zero-order valence-corrected chi connectivity index (χ0v) is 17.8. The fraction of sp³-hybridized carbons (Fsp3) is 0.0952. The predicted molar refractivity (Wildman–Crippen MR) is 113 cm³/mol. The zero-order valence-electron chi connectivity index (χ0n) is 16.3. The van der Waals surface area contributed by atoms with Crippen LogP contribution in [0.5, 0.6) is 11.6 Å². The number of pyridine rings is 1. The highest BCUT2D eigenvalue weighted by Gasteiger charge is 2.34. The molecule has 0 aliphatic carbocycles. The van der Waals surface area contributed by atoms with Gasteiger partial charge in [-0.3, -0.25) is 10.1 Å². The third-order valence-corrected chi connectivity index (χ3v) is 4.74. The number of alkyl halides is 3. The van der Waals surface area contributed by atoms with Crippen molar-refractivity contribution >= 4 is 40.8 Å². The van der Waals surface area contributed by atoms with Crippen LogP contribution in [0, 0.1) is 6.92 Å². The molecule has 166 valence electrons. The molecular formula is C21H14Cl2F3N3O3. The van der Waals surface area contributed by atoms with E-state index >= 15 is 0 Å². The van der Waals surface area contributed by atoms with Crippen LogP contribution in [0.2, 0.25) is 10.2 Å². The van der Waals surface area contributed by atoms with Crippen molar-refractivity contribution in [2.75, 3.05) is 5.32 Å². The number of imide groups is 1. The molecule has 0 saturated carbocycles. The van der Waals surface area contributed by atoms with Gasteiger partial charge in [-0.1, -0.05) is 35.3 Å². The third-order valence-electron chi connectivity index (χ3n) is 4.12. The topological polar surface area (TPSA) is 80.3 Å². The van der Waals surface area contributed by atoms with Gasteiger partial charge in [0.25, 0.3) is 5.91 Å². The van der Waals surface area contributed by atoms with Crippen LogP contribution in [-0.4, -0.2) is 16.9 Å². The second kappa shape index (κ2) is 9.46. The van der Waals surface area contributed by atoms with Gasteiger partial charge >= 0.3 is 12.2 Å². The van der Waals surface area contributed by atoms with Gasteiger partial charge in [0, 0.05) is 11.8 Å². The minimum atomic E-state index is -4.63. The Morgan fingerprint density at radius 3 is 2.38 bits per heavy atom. The number of carbonyl (C=O) groups is 2. The predicted octanol–water partition coefficient (Wildman–Crippen LogP) is 6.47. The second-order valence-corrected chi connectivity index (χ2v) is 7.22. The van der Waals surface area contributed by atoms with Crippen LogP contribution in [-0.2, 0) is 6.18 Å². The number of halogens is 5. The molecule has 3 rings (SSSR count). The monoisotopic (exact) mass is 483 g/mol. The van der Waals surface area contributed by atoms with Crippen LogP contribution in [0.15, 0.2) is 54.6 Å². The summed E-state index contributed by atoms with van der Waals surface area (Å²) >= 11 is 11.5.